The van der Waals surface area contributed by atoms with Crippen LogP contribution in [0, 0.1) is 57.2 Å². The molecule has 6 heteroatoms. The molecule has 2 spiro atoms. The van der Waals surface area contributed by atoms with Gasteiger partial charge in [-0.2, -0.15) is 0 Å². The number of aliphatic hydroxyl groups excluding tert-OH is 2. The lowest BCUT2D eigenvalue weighted by atomic mass is 9.43. The van der Waals surface area contributed by atoms with Crippen LogP contribution in [0.2, 0.25) is 0 Å². The second-order valence-corrected chi connectivity index (χ2v) is 14.1. The van der Waals surface area contributed by atoms with E-state index in [1.807, 2.05) is 13.0 Å². The fourth-order valence-corrected chi connectivity index (χ4v) is 10.6. The van der Waals surface area contributed by atoms with Crippen molar-refractivity contribution in [3.8, 4) is 0 Å². The molecule has 5 rings (SSSR count). The quantitative estimate of drug-likeness (QED) is 0.369. The van der Waals surface area contributed by atoms with E-state index in [2.05, 4.69) is 33.4 Å². The first-order chi connectivity index (χ1) is 17.7. The van der Waals surface area contributed by atoms with E-state index < -0.39 is 23.7 Å². The number of aliphatic hydroxyl groups is 2. The molecule has 4 saturated carbocycles. The first-order valence-corrected chi connectivity index (χ1v) is 14.6. The Morgan fingerprint density at radius 2 is 1.87 bits per heavy atom. The van der Waals surface area contributed by atoms with Crippen molar-refractivity contribution in [3.63, 3.8) is 0 Å². The van der Waals surface area contributed by atoms with Gasteiger partial charge < -0.3 is 14.9 Å². The van der Waals surface area contributed by atoms with Crippen LogP contribution in [0.3, 0.4) is 0 Å². The fourth-order valence-electron chi connectivity index (χ4n) is 10.6. The number of allylic oxidation sites excluding steroid dienone is 2. The summed E-state index contributed by atoms with van der Waals surface area (Å²) in [6.07, 6.45) is 8.39. The van der Waals surface area contributed by atoms with Gasteiger partial charge in [-0.25, -0.2) is 0 Å². The number of carbonyl (C=O) groups excluding carboxylic acids is 3. The minimum Gasteiger partial charge on any atom is -0.462 e. The van der Waals surface area contributed by atoms with Crippen LogP contribution in [0.25, 0.3) is 0 Å². The molecule has 0 unspecified atom stereocenters. The summed E-state index contributed by atoms with van der Waals surface area (Å²) in [5.74, 6) is -0.640. The zero-order valence-electron chi connectivity index (χ0n) is 24.0. The van der Waals surface area contributed by atoms with Gasteiger partial charge in [-0.1, -0.05) is 47.3 Å². The summed E-state index contributed by atoms with van der Waals surface area (Å²) in [6, 6.07) is 0. The lowest BCUT2D eigenvalue weighted by Crippen LogP contribution is -2.56. The number of Topliss-reactive ketones (excluding diaryl/α,β-unsaturated/α-hetero) is 1. The Balaban J connectivity index is 1.50. The maximum absolute atomic E-state index is 13.2. The molecule has 12 atom stereocenters. The minimum atomic E-state index is -1.27. The number of ether oxygens (including phenoxy) is 1. The molecule has 0 saturated heterocycles. The highest BCUT2D eigenvalue weighted by Crippen LogP contribution is 2.87. The topological polar surface area (TPSA) is 101 Å². The van der Waals surface area contributed by atoms with Crippen LogP contribution in [0.4, 0.5) is 0 Å². The van der Waals surface area contributed by atoms with E-state index in [4.69, 9.17) is 4.74 Å². The van der Waals surface area contributed by atoms with E-state index in [1.165, 1.54) is 6.92 Å². The molecule has 38 heavy (non-hydrogen) atoms. The molecule has 0 aromatic carbocycles. The Morgan fingerprint density at radius 3 is 2.50 bits per heavy atom. The smallest absolute Gasteiger partial charge is 0.302 e. The van der Waals surface area contributed by atoms with Crippen LogP contribution >= 0.6 is 0 Å². The van der Waals surface area contributed by atoms with Crippen molar-refractivity contribution >= 4 is 17.5 Å². The lowest BCUT2D eigenvalue weighted by molar-refractivity contribution is -0.154. The van der Waals surface area contributed by atoms with Gasteiger partial charge in [-0.3, -0.25) is 14.4 Å². The monoisotopic (exact) mass is 526 g/mol. The minimum absolute atomic E-state index is 0.0714. The predicted octanol–water partition coefficient (Wildman–Crippen LogP) is 4.67. The molecule has 2 N–H and O–H groups in total. The molecule has 0 heterocycles. The molecule has 0 amide bonds. The van der Waals surface area contributed by atoms with E-state index in [0.29, 0.717) is 11.8 Å². The fraction of sp³-hybridized carbons (Fsp3) is 0.781. The molecule has 5 aliphatic rings. The highest BCUT2D eigenvalue weighted by Gasteiger charge is 2.81. The molecular weight excluding hydrogens is 480 g/mol. The summed E-state index contributed by atoms with van der Waals surface area (Å²) in [5.41, 5.74) is 0.144. The van der Waals surface area contributed by atoms with Gasteiger partial charge in [0, 0.05) is 31.3 Å². The average molecular weight is 527 g/mol. The summed E-state index contributed by atoms with van der Waals surface area (Å²) in [4.78, 5) is 38.1. The number of rotatable bonds is 7. The van der Waals surface area contributed by atoms with Crippen molar-refractivity contribution in [2.45, 2.75) is 92.3 Å². The van der Waals surface area contributed by atoms with Crippen LogP contribution in [-0.2, 0) is 19.1 Å². The second-order valence-electron chi connectivity index (χ2n) is 14.1. The van der Waals surface area contributed by atoms with Gasteiger partial charge in [0.1, 0.15) is 12.2 Å². The van der Waals surface area contributed by atoms with Crippen LogP contribution in [0.5, 0.6) is 0 Å². The maximum atomic E-state index is 13.2. The highest BCUT2D eigenvalue weighted by atomic mass is 16.5. The summed E-state index contributed by atoms with van der Waals surface area (Å²) < 4.78 is 6.01. The van der Waals surface area contributed by atoms with E-state index >= 15 is 0 Å². The predicted molar refractivity (Wildman–Crippen MR) is 144 cm³/mol. The van der Waals surface area contributed by atoms with E-state index in [1.54, 1.807) is 6.92 Å². The normalized spacial score (nSPS) is 47.1. The van der Waals surface area contributed by atoms with E-state index in [-0.39, 0.29) is 63.5 Å². The molecular formula is C32H46O6. The number of hydrogen-bond acceptors (Lipinski definition) is 6. The number of fused-ring (bicyclic) bond motifs is 2. The largest absolute Gasteiger partial charge is 0.462 e. The summed E-state index contributed by atoms with van der Waals surface area (Å²) >= 11 is 0. The summed E-state index contributed by atoms with van der Waals surface area (Å²) in [6.45, 7) is 15.5. The van der Waals surface area contributed by atoms with Gasteiger partial charge in [0.15, 0.2) is 11.6 Å². The van der Waals surface area contributed by atoms with Gasteiger partial charge in [0.05, 0.1) is 0 Å². The van der Waals surface area contributed by atoms with E-state index in [9.17, 15) is 24.6 Å². The molecule has 0 aromatic rings. The average Bonchev–Trinajstić information content (AvgIpc) is 3.48. The zero-order chi connectivity index (χ0) is 28.0. The van der Waals surface area contributed by atoms with Crippen molar-refractivity contribution in [1.82, 2.24) is 0 Å². The van der Waals surface area contributed by atoms with Crippen LogP contribution in [0.15, 0.2) is 24.3 Å². The second kappa shape index (κ2) is 8.86. The van der Waals surface area contributed by atoms with Crippen LogP contribution in [0.1, 0.15) is 80.1 Å². The molecule has 6 nitrogen and oxygen atoms in total. The number of hydrogen-bond donors (Lipinski definition) is 2. The molecule has 0 radical (unpaired) electrons. The number of ketones is 2. The summed E-state index contributed by atoms with van der Waals surface area (Å²) in [7, 11) is 0. The first-order valence-electron chi connectivity index (χ1n) is 14.6. The SMILES string of the molecule is C=C(C(=O)[C@H](O)[C@@H](C)[C@H]1[C@@H](OC(C)=O)C[C@@]2(C)[C@@H]3CC[C@H]4[C@H](C)C(=O)C=C[C@@]45C[C@]35CC[C@]12C)[C@@H](C)CO. The van der Waals surface area contributed by atoms with Crippen molar-refractivity contribution in [2.24, 2.45) is 57.2 Å². The Morgan fingerprint density at radius 1 is 1.18 bits per heavy atom. The summed E-state index contributed by atoms with van der Waals surface area (Å²) in [5, 5.41) is 20.9. The maximum Gasteiger partial charge on any atom is 0.302 e. The standard InChI is InChI=1S/C32H46O6/c1-17(15-33)18(2)27(36)28(37)20(4)26-24(38-21(5)34)14-30(7)25-9-8-22-19(3)23(35)10-11-31(22)16-32(25,31)13-12-29(26,30)6/h10-11,17,19-20,22,24-26,28,33,37H,2,8-9,12-16H2,1,3-7H3/t17-,19-,20-,22-,24-,25-,26-,28+,29+,30-,31+,32+/m0/s1. The number of esters is 1. The zero-order valence-corrected chi connectivity index (χ0v) is 24.0. The van der Waals surface area contributed by atoms with Gasteiger partial charge in [0.2, 0.25) is 0 Å². The molecule has 4 fully saturated rings. The van der Waals surface area contributed by atoms with Gasteiger partial charge >= 0.3 is 5.97 Å². The first kappa shape index (κ1) is 27.8. The van der Waals surface area contributed by atoms with Crippen molar-refractivity contribution < 1.29 is 29.3 Å². The van der Waals surface area contributed by atoms with Crippen molar-refractivity contribution in [2.75, 3.05) is 6.61 Å². The highest BCUT2D eigenvalue weighted by molar-refractivity contribution is 5.98. The molecule has 0 bridgehead atoms. The van der Waals surface area contributed by atoms with Crippen molar-refractivity contribution in [3.05, 3.63) is 24.3 Å². The van der Waals surface area contributed by atoms with Crippen LogP contribution < -0.4 is 0 Å². The third-order valence-corrected chi connectivity index (χ3v) is 12.9. The molecule has 210 valence electrons. The van der Waals surface area contributed by atoms with Crippen molar-refractivity contribution in [1.29, 1.82) is 0 Å². The third-order valence-electron chi connectivity index (χ3n) is 12.9. The number of carbonyl (C=O) groups is 3. The Bertz CT molecular complexity index is 1090. The lowest BCUT2D eigenvalue weighted by Gasteiger charge is -2.61. The Hall–Kier alpha value is -1.79. The van der Waals surface area contributed by atoms with Gasteiger partial charge in [-0.15, -0.1) is 0 Å². The van der Waals surface area contributed by atoms with Gasteiger partial charge in [-0.05, 0) is 89.6 Å². The van der Waals surface area contributed by atoms with Crippen LogP contribution in [-0.4, -0.2) is 46.6 Å². The molecule has 0 aliphatic heterocycles. The van der Waals surface area contributed by atoms with E-state index in [0.717, 1.165) is 38.5 Å². The third kappa shape index (κ3) is 3.41. The molecule has 5 aliphatic carbocycles. The Kier molecular flexibility index (Phi) is 6.47. The Labute approximate surface area is 227 Å². The molecule has 0 aromatic heterocycles. The van der Waals surface area contributed by atoms with Gasteiger partial charge in [0.25, 0.3) is 0 Å².